The maximum Gasteiger partial charge on any atom is 0.108 e. The largest absolute Gasteiger partial charge is 0.400 e. The Hall–Kier alpha value is -2.94. The SMILES string of the molecule is C(#Cc1ccccc1)CN1CCN(CCOC(c2ccccc2)c2ccccc2)CC1.CC.CC.CO. The fourth-order valence-corrected chi connectivity index (χ4v) is 3.89. The molecular formula is C33H46N2O2. The highest BCUT2D eigenvalue weighted by Crippen LogP contribution is 2.25. The summed E-state index contributed by atoms with van der Waals surface area (Å²) in [7, 11) is 1.00. The van der Waals surface area contributed by atoms with E-state index in [1.807, 2.05) is 45.9 Å². The Labute approximate surface area is 225 Å². The van der Waals surface area contributed by atoms with Crippen LogP contribution in [-0.4, -0.2) is 67.9 Å². The number of hydrogen-bond acceptors (Lipinski definition) is 4. The second-order valence-corrected chi connectivity index (χ2v) is 7.86. The van der Waals surface area contributed by atoms with Crippen LogP contribution in [0.3, 0.4) is 0 Å². The first-order valence-electron chi connectivity index (χ1n) is 13.5. The summed E-state index contributed by atoms with van der Waals surface area (Å²) in [6.07, 6.45) is -0.0167. The summed E-state index contributed by atoms with van der Waals surface area (Å²) >= 11 is 0. The molecule has 4 rings (SSSR count). The topological polar surface area (TPSA) is 35.9 Å². The van der Waals surface area contributed by atoms with Gasteiger partial charge in [-0.1, -0.05) is 118 Å². The number of ether oxygens (including phenoxy) is 1. The van der Waals surface area contributed by atoms with Crippen LogP contribution in [0.25, 0.3) is 0 Å². The smallest absolute Gasteiger partial charge is 0.108 e. The Morgan fingerprint density at radius 1 is 0.676 bits per heavy atom. The third kappa shape index (κ3) is 12.2. The summed E-state index contributed by atoms with van der Waals surface area (Å²) in [5.41, 5.74) is 3.50. The Bertz CT molecular complexity index is 921. The highest BCUT2D eigenvalue weighted by molar-refractivity contribution is 5.34. The minimum absolute atomic E-state index is 0.0167. The highest BCUT2D eigenvalue weighted by atomic mass is 16.5. The normalized spacial score (nSPS) is 12.9. The maximum absolute atomic E-state index is 7.00. The molecule has 3 aromatic rings. The summed E-state index contributed by atoms with van der Waals surface area (Å²) in [4.78, 5) is 4.93. The zero-order valence-electron chi connectivity index (χ0n) is 23.4. The minimum atomic E-state index is -0.0167. The van der Waals surface area contributed by atoms with E-state index in [1.54, 1.807) is 0 Å². The monoisotopic (exact) mass is 502 g/mol. The first-order valence-corrected chi connectivity index (χ1v) is 13.5. The molecule has 1 saturated heterocycles. The Morgan fingerprint density at radius 2 is 1.11 bits per heavy atom. The van der Waals surface area contributed by atoms with Gasteiger partial charge in [-0.3, -0.25) is 9.80 Å². The van der Waals surface area contributed by atoms with E-state index in [2.05, 4.69) is 94.4 Å². The van der Waals surface area contributed by atoms with Crippen LogP contribution in [0.1, 0.15) is 50.5 Å². The van der Waals surface area contributed by atoms with Crippen molar-refractivity contribution in [3.05, 3.63) is 108 Å². The Balaban J connectivity index is 0.00000106. The third-order valence-corrected chi connectivity index (χ3v) is 5.67. The van der Waals surface area contributed by atoms with Gasteiger partial charge in [-0.15, -0.1) is 0 Å². The average molecular weight is 503 g/mol. The number of aliphatic hydroxyl groups excluding tert-OH is 1. The van der Waals surface area contributed by atoms with Gasteiger partial charge in [0.2, 0.25) is 0 Å². The van der Waals surface area contributed by atoms with Gasteiger partial charge in [0.15, 0.2) is 0 Å². The van der Waals surface area contributed by atoms with Gasteiger partial charge in [0.1, 0.15) is 6.10 Å². The van der Waals surface area contributed by atoms with Crippen LogP contribution >= 0.6 is 0 Å². The molecule has 1 heterocycles. The molecule has 1 aliphatic heterocycles. The molecule has 4 nitrogen and oxygen atoms in total. The van der Waals surface area contributed by atoms with Crippen LogP contribution < -0.4 is 0 Å². The molecule has 0 amide bonds. The third-order valence-electron chi connectivity index (χ3n) is 5.67. The lowest BCUT2D eigenvalue weighted by atomic mass is 10.0. The van der Waals surface area contributed by atoms with E-state index in [0.29, 0.717) is 0 Å². The molecular weight excluding hydrogens is 456 g/mol. The Morgan fingerprint density at radius 3 is 1.59 bits per heavy atom. The minimum Gasteiger partial charge on any atom is -0.400 e. The molecule has 0 bridgehead atoms. The maximum atomic E-state index is 7.00. The van der Waals surface area contributed by atoms with Crippen molar-refractivity contribution in [2.75, 3.05) is 53.0 Å². The van der Waals surface area contributed by atoms with Crippen LogP contribution in [0.5, 0.6) is 0 Å². The second-order valence-electron chi connectivity index (χ2n) is 7.86. The zero-order valence-corrected chi connectivity index (χ0v) is 23.4. The van der Waals surface area contributed by atoms with E-state index >= 15 is 0 Å². The van der Waals surface area contributed by atoms with Crippen LogP contribution in [-0.2, 0) is 4.74 Å². The molecule has 1 fully saturated rings. The van der Waals surface area contributed by atoms with Gasteiger partial charge in [0.05, 0.1) is 13.2 Å². The molecule has 1 aliphatic rings. The van der Waals surface area contributed by atoms with Crippen molar-refractivity contribution in [3.8, 4) is 11.8 Å². The molecule has 200 valence electrons. The van der Waals surface area contributed by atoms with Gasteiger partial charge in [-0.25, -0.2) is 0 Å². The van der Waals surface area contributed by atoms with Gasteiger partial charge in [0.25, 0.3) is 0 Å². The first-order chi connectivity index (χ1) is 18.4. The molecule has 0 atom stereocenters. The van der Waals surface area contributed by atoms with Crippen molar-refractivity contribution in [1.29, 1.82) is 0 Å². The fourth-order valence-electron chi connectivity index (χ4n) is 3.89. The molecule has 3 aromatic carbocycles. The standard InChI is InChI=1S/C28H30N2O.2C2H6.CH4O/c1-4-11-25(12-5-1)13-10-18-29-19-21-30(22-20-29)23-24-31-28(26-14-6-2-7-15-26)27-16-8-3-9-17-27;3*1-2/h1-9,11-12,14-17,28H,18-24H2;2*1-2H3;2H,1H3. The van der Waals surface area contributed by atoms with E-state index in [0.717, 1.165) is 58.5 Å². The van der Waals surface area contributed by atoms with E-state index < -0.39 is 0 Å². The Kier molecular flexibility index (Phi) is 18.4. The lowest BCUT2D eigenvalue weighted by Crippen LogP contribution is -2.47. The van der Waals surface area contributed by atoms with Crippen molar-refractivity contribution in [2.24, 2.45) is 0 Å². The van der Waals surface area contributed by atoms with Crippen LogP contribution in [0.4, 0.5) is 0 Å². The lowest BCUT2D eigenvalue weighted by Gasteiger charge is -2.33. The van der Waals surface area contributed by atoms with Crippen molar-refractivity contribution in [3.63, 3.8) is 0 Å². The fraction of sp³-hybridized carbons (Fsp3) is 0.394. The van der Waals surface area contributed by atoms with Crippen molar-refractivity contribution in [2.45, 2.75) is 33.8 Å². The molecule has 37 heavy (non-hydrogen) atoms. The van der Waals surface area contributed by atoms with E-state index in [4.69, 9.17) is 9.84 Å². The average Bonchev–Trinajstić information content (AvgIpc) is 3.01. The summed E-state index contributed by atoms with van der Waals surface area (Å²) in [5.74, 6) is 6.57. The van der Waals surface area contributed by atoms with Crippen LogP contribution in [0, 0.1) is 11.8 Å². The number of rotatable bonds is 7. The lowest BCUT2D eigenvalue weighted by molar-refractivity contribution is 0.0470. The summed E-state index contributed by atoms with van der Waals surface area (Å²) < 4.78 is 6.38. The number of aliphatic hydroxyl groups is 1. The molecule has 0 spiro atoms. The molecule has 0 aromatic heterocycles. The second kappa shape index (κ2) is 21.2. The number of piperazine rings is 1. The van der Waals surface area contributed by atoms with Gasteiger partial charge in [-0.05, 0) is 23.3 Å². The van der Waals surface area contributed by atoms with Gasteiger partial charge in [0, 0.05) is 45.4 Å². The molecule has 0 unspecified atom stereocenters. The van der Waals surface area contributed by atoms with Gasteiger partial charge >= 0.3 is 0 Å². The predicted octanol–water partition coefficient (Wildman–Crippen LogP) is 6.12. The van der Waals surface area contributed by atoms with Crippen LogP contribution in [0.15, 0.2) is 91.0 Å². The molecule has 0 radical (unpaired) electrons. The van der Waals surface area contributed by atoms with Gasteiger partial charge in [-0.2, -0.15) is 0 Å². The molecule has 0 saturated carbocycles. The molecule has 0 aliphatic carbocycles. The quantitative estimate of drug-likeness (QED) is 0.395. The summed E-state index contributed by atoms with van der Waals surface area (Å²) in [6.45, 7) is 14.8. The number of benzene rings is 3. The van der Waals surface area contributed by atoms with Crippen molar-refractivity contribution >= 4 is 0 Å². The van der Waals surface area contributed by atoms with Crippen molar-refractivity contribution in [1.82, 2.24) is 9.80 Å². The number of hydrogen-bond donors (Lipinski definition) is 1. The summed E-state index contributed by atoms with van der Waals surface area (Å²) in [5, 5.41) is 7.00. The molecule has 4 heteroatoms. The van der Waals surface area contributed by atoms with Crippen LogP contribution in [0.2, 0.25) is 0 Å². The van der Waals surface area contributed by atoms with Gasteiger partial charge < -0.3 is 9.84 Å². The van der Waals surface area contributed by atoms with E-state index in [-0.39, 0.29) is 6.10 Å². The zero-order chi connectivity index (χ0) is 27.1. The summed E-state index contributed by atoms with van der Waals surface area (Å²) in [6, 6.07) is 31.2. The highest BCUT2D eigenvalue weighted by Gasteiger charge is 2.18. The van der Waals surface area contributed by atoms with E-state index in [9.17, 15) is 0 Å². The van der Waals surface area contributed by atoms with Crippen molar-refractivity contribution < 1.29 is 9.84 Å². The molecule has 1 N–H and O–H groups in total. The van der Waals surface area contributed by atoms with E-state index in [1.165, 1.54) is 11.1 Å². The first kappa shape index (κ1) is 32.1. The predicted molar refractivity (Wildman–Crippen MR) is 158 cm³/mol. The number of nitrogens with zero attached hydrogens (tertiary/aromatic N) is 2.